The van der Waals surface area contributed by atoms with Crippen molar-refractivity contribution in [3.63, 3.8) is 0 Å². The van der Waals surface area contributed by atoms with Crippen LogP contribution >= 0.6 is 0 Å². The van der Waals surface area contributed by atoms with E-state index in [0.717, 1.165) is 56.3 Å². The molecule has 1 nitrogen and oxygen atoms in total. The Bertz CT molecular complexity index is 1470. The number of halogens is 8. The Morgan fingerprint density at radius 3 is 1.56 bits per heavy atom. The topological polar surface area (TPSA) is 9.23 Å². The second-order valence-electron chi connectivity index (χ2n) is 15.8. The zero-order valence-electron chi connectivity index (χ0n) is 32.7. The summed E-state index contributed by atoms with van der Waals surface area (Å²) < 4.78 is 129. The molecule has 0 heterocycles. The number of hydrogen-bond acceptors (Lipinski definition) is 1. The minimum atomic E-state index is -4.56. The van der Waals surface area contributed by atoms with Gasteiger partial charge in [0.05, 0.1) is 21.7 Å². The monoisotopic (exact) mass is 793 g/mol. The van der Waals surface area contributed by atoms with E-state index in [2.05, 4.69) is 41.5 Å². The van der Waals surface area contributed by atoms with Gasteiger partial charge in [-0.15, -0.1) is 0 Å². The summed E-state index contributed by atoms with van der Waals surface area (Å²) in [5.74, 6) is -17.9. The summed E-state index contributed by atoms with van der Waals surface area (Å²) in [6, 6.07) is 12.1. The number of benzene rings is 2. The van der Waals surface area contributed by atoms with Crippen LogP contribution in [0.5, 0.6) is 5.75 Å². The van der Waals surface area contributed by atoms with Crippen LogP contribution in [0.2, 0.25) is 66.0 Å². The number of unbranched alkanes of at least 4 members (excludes halogenated alkanes) is 3. The van der Waals surface area contributed by atoms with Gasteiger partial charge < -0.3 is 4.43 Å². The van der Waals surface area contributed by atoms with Crippen LogP contribution in [0, 0.1) is 41.0 Å². The first-order valence-corrected chi connectivity index (χ1v) is 27.9. The van der Waals surface area contributed by atoms with Crippen molar-refractivity contribution in [3.05, 3.63) is 52.1 Å². The molecular weight excluding hydrogens is 733 g/mol. The molecule has 0 fully saturated rings. The molecule has 0 amide bonds. The molecule has 1 atom stereocenters. The minimum absolute atomic E-state index is 0.187. The first kappa shape index (κ1) is 44.7. The molecule has 3 rings (SSSR count). The zero-order chi connectivity index (χ0) is 39.1. The molecule has 2 aromatic carbocycles. The summed E-state index contributed by atoms with van der Waals surface area (Å²) in [5.41, 5.74) is -6.28. The highest BCUT2D eigenvalue weighted by Crippen LogP contribution is 2.56. The molecule has 52 heavy (non-hydrogen) atoms. The Balaban J connectivity index is 2.02. The molecule has 0 aliphatic heterocycles. The molecule has 1 unspecified atom stereocenters. The summed E-state index contributed by atoms with van der Waals surface area (Å²) in [6.07, 6.45) is 8.17. The number of fused-ring (bicyclic) bond motifs is 3. The Labute approximate surface area is 310 Å². The van der Waals surface area contributed by atoms with Crippen molar-refractivity contribution in [2.75, 3.05) is 0 Å². The maximum atomic E-state index is 16.5. The van der Waals surface area contributed by atoms with E-state index in [4.69, 9.17) is 4.43 Å². The molecule has 0 saturated heterocycles. The van der Waals surface area contributed by atoms with Crippen LogP contribution in [0.15, 0.2) is 0 Å². The summed E-state index contributed by atoms with van der Waals surface area (Å²) in [7, 11) is -6.12. The Morgan fingerprint density at radius 1 is 0.558 bits per heavy atom. The summed E-state index contributed by atoms with van der Waals surface area (Å²) >= 11 is 0. The predicted octanol–water partition coefficient (Wildman–Crippen LogP) is 15.3. The molecule has 0 aromatic heterocycles. The summed E-state index contributed by atoms with van der Waals surface area (Å²) in [4.78, 5) is 0. The standard InChI is InChI=1S/C40H61F8OSi3/c1-9-20-51(21-10-2,22-11-3)23-17-15-16-18-25-52(28(7)8,26-19-24-50(12-4,13-5)14-6)49-39-36(44)32-31-29(27-30(41)34(42)35(31)43)40(47,48)33(32)37(45)38(39)46/h28H,9-26H2,1-8H3. The third-order valence-corrected chi connectivity index (χ3v) is 29.7. The van der Waals surface area contributed by atoms with Gasteiger partial charge in [-0.1, -0.05) is 155 Å². The van der Waals surface area contributed by atoms with E-state index in [0.29, 0.717) is 12.1 Å². The van der Waals surface area contributed by atoms with E-state index in [1.807, 2.05) is 13.8 Å². The van der Waals surface area contributed by atoms with E-state index in [-0.39, 0.29) is 5.54 Å². The van der Waals surface area contributed by atoms with Crippen LogP contribution < -0.4 is 4.43 Å². The van der Waals surface area contributed by atoms with Crippen LogP contribution in [0.4, 0.5) is 35.1 Å². The average molecular weight is 794 g/mol. The molecular formula is C40H61F8OSi3. The molecule has 2 aromatic rings. The van der Waals surface area contributed by atoms with Gasteiger partial charge in [-0.3, -0.25) is 0 Å². The van der Waals surface area contributed by atoms with E-state index >= 15 is 26.3 Å². The van der Waals surface area contributed by atoms with Gasteiger partial charge >= 0.3 is 5.92 Å². The summed E-state index contributed by atoms with van der Waals surface area (Å²) in [6.45, 7) is 17.3. The first-order chi connectivity index (χ1) is 24.5. The SMILES string of the molecule is CCC[Si](CCC)(CCC)CCCCCC[Si](CCC[Si](CC)(CC)CC)(Oc1c(F)c(F)c2c(c1F)-c1c([c]c(F)c(F)c1F)C2(F)F)C(C)C. The predicted molar refractivity (Wildman–Crippen MR) is 205 cm³/mol. The molecule has 0 bridgehead atoms. The number of hydrogen-bond donors (Lipinski definition) is 0. The quantitative estimate of drug-likeness (QED) is 0.0358. The lowest BCUT2D eigenvalue weighted by Gasteiger charge is -2.38. The van der Waals surface area contributed by atoms with Crippen molar-refractivity contribution >= 4 is 24.5 Å². The van der Waals surface area contributed by atoms with Gasteiger partial charge in [0, 0.05) is 22.8 Å². The molecule has 1 aliphatic rings. The van der Waals surface area contributed by atoms with Crippen molar-refractivity contribution in [1.29, 1.82) is 0 Å². The van der Waals surface area contributed by atoms with Gasteiger partial charge in [0.1, 0.15) is 0 Å². The van der Waals surface area contributed by atoms with E-state index in [9.17, 15) is 8.78 Å². The number of alkyl halides is 2. The van der Waals surface area contributed by atoms with Crippen LogP contribution in [0.1, 0.15) is 118 Å². The van der Waals surface area contributed by atoms with Crippen LogP contribution in [0.3, 0.4) is 0 Å². The van der Waals surface area contributed by atoms with E-state index in [1.165, 1.54) is 49.5 Å². The van der Waals surface area contributed by atoms with Crippen molar-refractivity contribution in [3.8, 4) is 16.9 Å². The largest absolute Gasteiger partial charge is 0.539 e. The van der Waals surface area contributed by atoms with Gasteiger partial charge in [0.2, 0.25) is 5.82 Å². The average Bonchev–Trinajstić information content (AvgIpc) is 3.34. The van der Waals surface area contributed by atoms with Crippen LogP contribution in [0.25, 0.3) is 11.1 Å². The lowest BCUT2D eigenvalue weighted by molar-refractivity contribution is 0.0422. The lowest BCUT2D eigenvalue weighted by Crippen LogP contribution is -2.46. The van der Waals surface area contributed by atoms with Crippen molar-refractivity contribution in [2.24, 2.45) is 0 Å². The van der Waals surface area contributed by atoms with Crippen LogP contribution in [-0.4, -0.2) is 24.5 Å². The lowest BCUT2D eigenvalue weighted by atomic mass is 10.0. The highest BCUT2D eigenvalue weighted by atomic mass is 28.4. The maximum absolute atomic E-state index is 16.5. The molecule has 1 aliphatic carbocycles. The zero-order valence-corrected chi connectivity index (χ0v) is 35.7. The fourth-order valence-corrected chi connectivity index (χ4v) is 22.8. The molecule has 12 heteroatoms. The van der Waals surface area contributed by atoms with Crippen molar-refractivity contribution in [2.45, 2.75) is 179 Å². The third kappa shape index (κ3) is 9.06. The van der Waals surface area contributed by atoms with Gasteiger partial charge in [0.15, 0.2) is 34.8 Å². The van der Waals surface area contributed by atoms with Crippen LogP contribution in [-0.2, 0) is 5.92 Å². The Morgan fingerprint density at radius 2 is 1.06 bits per heavy atom. The maximum Gasteiger partial charge on any atom is 0.303 e. The molecule has 1 radical (unpaired) electrons. The highest BCUT2D eigenvalue weighted by Gasteiger charge is 2.54. The Kier molecular flexibility index (Phi) is 16.2. The van der Waals surface area contributed by atoms with Gasteiger partial charge in [-0.25, -0.2) is 22.0 Å². The van der Waals surface area contributed by atoms with Gasteiger partial charge in [-0.2, -0.15) is 13.2 Å². The second-order valence-corrected chi connectivity index (χ2v) is 30.9. The van der Waals surface area contributed by atoms with Crippen molar-refractivity contribution < 1.29 is 39.5 Å². The van der Waals surface area contributed by atoms with Crippen molar-refractivity contribution in [1.82, 2.24) is 0 Å². The molecule has 0 spiro atoms. The minimum Gasteiger partial charge on any atom is -0.539 e. The van der Waals surface area contributed by atoms with E-state index in [1.54, 1.807) is 0 Å². The normalized spacial score (nSPS) is 15.2. The smallest absolute Gasteiger partial charge is 0.303 e. The first-order valence-electron chi connectivity index (χ1n) is 19.9. The third-order valence-electron chi connectivity index (χ3n) is 12.6. The fraction of sp³-hybridized carbons (Fsp3) is 0.700. The van der Waals surface area contributed by atoms with Gasteiger partial charge in [0.25, 0.3) is 8.32 Å². The Hall–Kier alpha value is -1.67. The molecule has 0 N–H and O–H groups in total. The molecule has 295 valence electrons. The highest BCUT2D eigenvalue weighted by molar-refractivity contribution is 6.80. The van der Waals surface area contributed by atoms with Gasteiger partial charge in [-0.05, 0) is 17.6 Å². The second kappa shape index (κ2) is 18.8. The fourth-order valence-electron chi connectivity index (χ4n) is 9.18. The molecule has 0 saturated carbocycles. The van der Waals surface area contributed by atoms with E-state index < -0.39 is 93.3 Å². The summed E-state index contributed by atoms with van der Waals surface area (Å²) in [5, 5.41) is 0. The number of rotatable bonds is 23.